The van der Waals surface area contributed by atoms with Crippen LogP contribution in [-0.4, -0.2) is 64.0 Å². The first-order valence-electron chi connectivity index (χ1n) is 11.7. The molecular formula is C25H28N8O2. The summed E-state index contributed by atoms with van der Waals surface area (Å²) >= 11 is 0. The van der Waals surface area contributed by atoms with Gasteiger partial charge in [0.1, 0.15) is 11.6 Å². The van der Waals surface area contributed by atoms with Gasteiger partial charge in [0.2, 0.25) is 5.91 Å². The minimum Gasteiger partial charge on any atom is -0.497 e. The van der Waals surface area contributed by atoms with Crippen molar-refractivity contribution in [1.82, 2.24) is 30.1 Å². The van der Waals surface area contributed by atoms with E-state index < -0.39 is 0 Å². The van der Waals surface area contributed by atoms with Crippen molar-refractivity contribution in [2.75, 3.05) is 43.1 Å². The quantitative estimate of drug-likeness (QED) is 0.416. The van der Waals surface area contributed by atoms with Gasteiger partial charge in [0, 0.05) is 69.7 Å². The molecule has 3 aromatic heterocycles. The zero-order chi connectivity index (χ0) is 24.0. The van der Waals surface area contributed by atoms with E-state index in [0.717, 1.165) is 49.0 Å². The smallest absolute Gasteiger partial charge is 0.220 e. The van der Waals surface area contributed by atoms with Gasteiger partial charge in [0.05, 0.1) is 7.11 Å². The largest absolute Gasteiger partial charge is 0.497 e. The Morgan fingerprint density at radius 3 is 2.69 bits per heavy atom. The van der Waals surface area contributed by atoms with E-state index in [1.807, 2.05) is 36.4 Å². The fourth-order valence-electron chi connectivity index (χ4n) is 4.17. The first-order chi connectivity index (χ1) is 17.2. The van der Waals surface area contributed by atoms with E-state index in [-0.39, 0.29) is 5.91 Å². The number of aromatic nitrogens is 5. The monoisotopic (exact) mass is 472 g/mol. The Morgan fingerprint density at radius 1 is 1.03 bits per heavy atom. The summed E-state index contributed by atoms with van der Waals surface area (Å²) in [5, 5.41) is 16.2. The molecule has 4 aromatic rings. The molecule has 0 atom stereocenters. The average molecular weight is 473 g/mol. The van der Waals surface area contributed by atoms with Crippen LogP contribution in [0.15, 0.2) is 60.9 Å². The molecule has 5 rings (SSSR count). The number of aryl methyl sites for hydroxylation is 1. The van der Waals surface area contributed by atoms with Crippen molar-refractivity contribution in [1.29, 1.82) is 0 Å². The number of carbonyl (C=O) groups is 1. The summed E-state index contributed by atoms with van der Waals surface area (Å²) < 4.78 is 7.11. The van der Waals surface area contributed by atoms with Crippen molar-refractivity contribution in [3.05, 3.63) is 72.3 Å². The van der Waals surface area contributed by atoms with Gasteiger partial charge in [-0.2, -0.15) is 4.52 Å². The molecule has 4 heterocycles. The Labute approximate surface area is 203 Å². The number of amides is 1. The summed E-state index contributed by atoms with van der Waals surface area (Å²) in [5.74, 6) is 2.37. The van der Waals surface area contributed by atoms with Crippen molar-refractivity contribution in [3.8, 4) is 5.75 Å². The van der Waals surface area contributed by atoms with Crippen LogP contribution in [0, 0.1) is 0 Å². The lowest BCUT2D eigenvalue weighted by atomic mass is 10.2. The minimum atomic E-state index is -0.0459. The lowest BCUT2D eigenvalue weighted by molar-refractivity contribution is -0.121. The molecule has 1 aliphatic heterocycles. The number of piperazine rings is 1. The highest BCUT2D eigenvalue weighted by Crippen LogP contribution is 2.23. The zero-order valence-electron chi connectivity index (χ0n) is 19.7. The molecule has 1 N–H and O–H groups in total. The number of pyridine rings is 1. The van der Waals surface area contributed by atoms with Crippen LogP contribution in [0.4, 0.5) is 11.5 Å². The van der Waals surface area contributed by atoms with Gasteiger partial charge < -0.3 is 19.9 Å². The average Bonchev–Trinajstić information content (AvgIpc) is 3.33. The number of carbonyl (C=O) groups excluding carboxylic acids is 1. The molecule has 0 unspecified atom stereocenters. The molecule has 0 spiro atoms. The Morgan fingerprint density at radius 2 is 1.89 bits per heavy atom. The van der Waals surface area contributed by atoms with Crippen LogP contribution < -0.4 is 19.9 Å². The maximum absolute atomic E-state index is 12.3. The number of methoxy groups -OCH3 is 1. The van der Waals surface area contributed by atoms with E-state index in [9.17, 15) is 4.79 Å². The van der Waals surface area contributed by atoms with Crippen molar-refractivity contribution in [3.63, 3.8) is 0 Å². The summed E-state index contributed by atoms with van der Waals surface area (Å²) in [7, 11) is 1.69. The lowest BCUT2D eigenvalue weighted by Crippen LogP contribution is -2.47. The van der Waals surface area contributed by atoms with Crippen LogP contribution in [0.25, 0.3) is 5.65 Å². The second-order valence-electron chi connectivity index (χ2n) is 8.39. The van der Waals surface area contributed by atoms with E-state index in [1.54, 1.807) is 24.0 Å². The van der Waals surface area contributed by atoms with E-state index in [1.165, 1.54) is 0 Å². The summed E-state index contributed by atoms with van der Waals surface area (Å²) in [6.07, 6.45) is 4.23. The van der Waals surface area contributed by atoms with Gasteiger partial charge in [-0.15, -0.1) is 15.3 Å². The number of hydrogen-bond acceptors (Lipinski definition) is 8. The molecule has 180 valence electrons. The molecule has 0 saturated carbocycles. The fraction of sp³-hybridized carbons (Fsp3) is 0.320. The Balaban J connectivity index is 1.19. The molecule has 1 saturated heterocycles. The number of ether oxygens (including phenoxy) is 1. The molecular weight excluding hydrogens is 444 g/mol. The molecule has 10 heteroatoms. The zero-order valence-corrected chi connectivity index (χ0v) is 19.7. The molecule has 1 fully saturated rings. The van der Waals surface area contributed by atoms with Gasteiger partial charge in [-0.25, -0.2) is 0 Å². The second-order valence-corrected chi connectivity index (χ2v) is 8.39. The minimum absolute atomic E-state index is 0.0459. The highest BCUT2D eigenvalue weighted by Gasteiger charge is 2.20. The highest BCUT2D eigenvalue weighted by atomic mass is 16.5. The molecule has 35 heavy (non-hydrogen) atoms. The standard InChI is InChI=1S/C25H28N8O2/c1-35-21-6-2-5-20(16-21)31-12-14-32(15-13-31)24-8-7-22-28-29-23(33(22)30-24)9-10-25(34)27-18-19-4-3-11-26-17-19/h2-8,11,16-17H,9-10,12-15,18H2,1H3,(H,27,34). The van der Waals surface area contributed by atoms with Crippen LogP contribution in [0.1, 0.15) is 17.8 Å². The molecule has 1 amide bonds. The molecule has 10 nitrogen and oxygen atoms in total. The first-order valence-corrected chi connectivity index (χ1v) is 11.7. The topological polar surface area (TPSA) is 101 Å². The number of anilines is 2. The Kier molecular flexibility index (Phi) is 6.69. The van der Waals surface area contributed by atoms with E-state index in [0.29, 0.717) is 30.9 Å². The molecule has 0 radical (unpaired) electrons. The van der Waals surface area contributed by atoms with Gasteiger partial charge in [-0.3, -0.25) is 9.78 Å². The maximum atomic E-state index is 12.3. The predicted octanol–water partition coefficient (Wildman–Crippen LogP) is 2.10. The second kappa shape index (κ2) is 10.4. The van der Waals surface area contributed by atoms with Crippen molar-refractivity contribution in [2.24, 2.45) is 0 Å². The normalized spacial score (nSPS) is 13.7. The SMILES string of the molecule is COc1cccc(N2CCN(c3ccc4nnc(CCC(=O)NCc5cccnc5)n4n3)CC2)c1. The Bertz CT molecular complexity index is 1290. The Hall–Kier alpha value is -4.21. The van der Waals surface area contributed by atoms with Gasteiger partial charge >= 0.3 is 0 Å². The van der Waals surface area contributed by atoms with E-state index in [2.05, 4.69) is 42.4 Å². The van der Waals surface area contributed by atoms with Gasteiger partial charge in [-0.05, 0) is 35.9 Å². The van der Waals surface area contributed by atoms with Crippen LogP contribution in [0.5, 0.6) is 5.75 Å². The maximum Gasteiger partial charge on any atom is 0.220 e. The van der Waals surface area contributed by atoms with Crippen LogP contribution in [0.3, 0.4) is 0 Å². The molecule has 0 bridgehead atoms. The number of rotatable bonds is 8. The predicted molar refractivity (Wildman–Crippen MR) is 133 cm³/mol. The fourth-order valence-corrected chi connectivity index (χ4v) is 4.17. The van der Waals surface area contributed by atoms with Crippen molar-refractivity contribution in [2.45, 2.75) is 19.4 Å². The number of nitrogens with zero attached hydrogens (tertiary/aromatic N) is 7. The van der Waals surface area contributed by atoms with Crippen molar-refractivity contribution < 1.29 is 9.53 Å². The third-order valence-corrected chi connectivity index (χ3v) is 6.12. The molecule has 0 aliphatic carbocycles. The summed E-state index contributed by atoms with van der Waals surface area (Å²) in [6.45, 7) is 3.93. The van der Waals surface area contributed by atoms with E-state index in [4.69, 9.17) is 9.84 Å². The van der Waals surface area contributed by atoms with Gasteiger partial charge in [0.25, 0.3) is 0 Å². The summed E-state index contributed by atoms with van der Waals surface area (Å²) in [5.41, 5.74) is 2.80. The summed E-state index contributed by atoms with van der Waals surface area (Å²) in [6, 6.07) is 15.8. The summed E-state index contributed by atoms with van der Waals surface area (Å²) in [4.78, 5) is 21.0. The third-order valence-electron chi connectivity index (χ3n) is 6.12. The van der Waals surface area contributed by atoms with E-state index >= 15 is 0 Å². The number of hydrogen-bond donors (Lipinski definition) is 1. The van der Waals surface area contributed by atoms with Crippen LogP contribution in [-0.2, 0) is 17.8 Å². The number of benzene rings is 1. The van der Waals surface area contributed by atoms with Crippen LogP contribution >= 0.6 is 0 Å². The number of nitrogens with one attached hydrogen (secondary N) is 1. The first kappa shape index (κ1) is 22.6. The third kappa shape index (κ3) is 5.32. The number of fused-ring (bicyclic) bond motifs is 1. The van der Waals surface area contributed by atoms with Crippen LogP contribution in [0.2, 0.25) is 0 Å². The van der Waals surface area contributed by atoms with Gasteiger partial charge in [-0.1, -0.05) is 12.1 Å². The van der Waals surface area contributed by atoms with Gasteiger partial charge in [0.15, 0.2) is 11.5 Å². The lowest BCUT2D eigenvalue weighted by Gasteiger charge is -2.36. The highest BCUT2D eigenvalue weighted by molar-refractivity contribution is 5.76. The van der Waals surface area contributed by atoms with Crippen molar-refractivity contribution >= 4 is 23.1 Å². The molecule has 1 aromatic carbocycles. The molecule has 1 aliphatic rings.